The third-order valence-corrected chi connectivity index (χ3v) is 5.40. The van der Waals surface area contributed by atoms with Gasteiger partial charge in [0, 0.05) is 37.1 Å². The summed E-state index contributed by atoms with van der Waals surface area (Å²) in [5.74, 6) is -0.720. The first-order valence-electron chi connectivity index (χ1n) is 9.55. The van der Waals surface area contributed by atoms with Crippen LogP contribution in [-0.4, -0.2) is 52.8 Å². The van der Waals surface area contributed by atoms with Gasteiger partial charge >= 0.3 is 6.18 Å². The minimum absolute atomic E-state index is 0.0264. The molecule has 0 spiro atoms. The number of rotatable bonds is 2. The van der Waals surface area contributed by atoms with E-state index in [4.69, 9.17) is 11.6 Å². The lowest BCUT2D eigenvalue weighted by atomic mass is 10.1. The molecule has 1 aromatic heterocycles. The van der Waals surface area contributed by atoms with Crippen LogP contribution in [0.2, 0.25) is 5.15 Å². The van der Waals surface area contributed by atoms with Crippen LogP contribution in [0.4, 0.5) is 13.2 Å². The van der Waals surface area contributed by atoms with Gasteiger partial charge < -0.3 is 9.80 Å². The molecule has 3 aromatic rings. The molecule has 9 heteroatoms. The van der Waals surface area contributed by atoms with Crippen molar-refractivity contribution in [1.29, 1.82) is 0 Å². The normalized spacial score (nSPS) is 14.7. The minimum Gasteiger partial charge on any atom is -0.335 e. The van der Waals surface area contributed by atoms with Crippen molar-refractivity contribution in [3.8, 4) is 0 Å². The summed E-state index contributed by atoms with van der Waals surface area (Å²) >= 11 is 6.07. The molecule has 0 unspecified atom stereocenters. The summed E-state index contributed by atoms with van der Waals surface area (Å²) < 4.78 is 38.8. The van der Waals surface area contributed by atoms with Crippen LogP contribution >= 0.6 is 11.6 Å². The maximum atomic E-state index is 13.1. The lowest BCUT2D eigenvalue weighted by molar-refractivity contribution is -0.137. The fourth-order valence-electron chi connectivity index (χ4n) is 3.61. The van der Waals surface area contributed by atoms with E-state index in [-0.39, 0.29) is 42.8 Å². The first-order valence-corrected chi connectivity index (χ1v) is 9.93. The molecular weight excluding hydrogens is 431 g/mol. The van der Waals surface area contributed by atoms with Crippen molar-refractivity contribution < 1.29 is 22.8 Å². The van der Waals surface area contributed by atoms with Crippen LogP contribution in [0.15, 0.2) is 54.6 Å². The summed E-state index contributed by atoms with van der Waals surface area (Å²) in [7, 11) is 0. The maximum Gasteiger partial charge on any atom is 0.416 e. The summed E-state index contributed by atoms with van der Waals surface area (Å²) in [6, 6.07) is 13.0. The third kappa shape index (κ3) is 4.34. The van der Waals surface area contributed by atoms with Crippen LogP contribution in [0.5, 0.6) is 0 Å². The highest BCUT2D eigenvalue weighted by atomic mass is 35.5. The molecule has 4 rings (SSSR count). The van der Waals surface area contributed by atoms with Gasteiger partial charge in [0.25, 0.3) is 11.8 Å². The Morgan fingerprint density at radius 3 is 2.19 bits per heavy atom. The zero-order chi connectivity index (χ0) is 22.2. The number of hydrogen-bond donors (Lipinski definition) is 0. The number of piperazine rings is 1. The number of para-hydroxylation sites is 1. The van der Waals surface area contributed by atoms with Crippen molar-refractivity contribution in [3.63, 3.8) is 0 Å². The molecule has 2 heterocycles. The molecule has 1 fully saturated rings. The molecule has 0 saturated carbocycles. The second kappa shape index (κ2) is 8.19. The van der Waals surface area contributed by atoms with Crippen LogP contribution in [0, 0.1) is 0 Å². The highest BCUT2D eigenvalue weighted by molar-refractivity contribution is 6.30. The zero-order valence-electron chi connectivity index (χ0n) is 16.2. The molecule has 1 aliphatic heterocycles. The van der Waals surface area contributed by atoms with Gasteiger partial charge in [0.2, 0.25) is 0 Å². The molecule has 2 amide bonds. The van der Waals surface area contributed by atoms with Gasteiger partial charge in [-0.3, -0.25) is 9.59 Å². The Bertz CT molecular complexity index is 1160. The number of carbonyl (C=O) groups is 2. The average molecular weight is 448 g/mol. The maximum absolute atomic E-state index is 13.1. The van der Waals surface area contributed by atoms with E-state index in [1.165, 1.54) is 23.1 Å². The van der Waals surface area contributed by atoms with Crippen LogP contribution in [0.1, 0.15) is 26.3 Å². The van der Waals surface area contributed by atoms with Crippen LogP contribution in [0.25, 0.3) is 10.9 Å². The van der Waals surface area contributed by atoms with Gasteiger partial charge in [0.05, 0.1) is 16.6 Å². The van der Waals surface area contributed by atoms with Crippen molar-refractivity contribution in [2.75, 3.05) is 26.2 Å². The second-order valence-electron chi connectivity index (χ2n) is 7.17. The van der Waals surface area contributed by atoms with E-state index in [1.807, 2.05) is 0 Å². The van der Waals surface area contributed by atoms with Crippen molar-refractivity contribution in [2.45, 2.75) is 6.18 Å². The molecule has 1 aliphatic rings. The zero-order valence-corrected chi connectivity index (χ0v) is 17.0. The largest absolute Gasteiger partial charge is 0.416 e. The van der Waals surface area contributed by atoms with Crippen molar-refractivity contribution >= 4 is 34.3 Å². The highest BCUT2D eigenvalue weighted by Crippen LogP contribution is 2.30. The minimum atomic E-state index is -4.52. The van der Waals surface area contributed by atoms with E-state index in [0.29, 0.717) is 16.5 Å². The SMILES string of the molecule is O=C(c1cccc(C(F)(F)F)c1)N1CCN(C(=O)c2cc(Cl)nc3ccccc23)CC1. The average Bonchev–Trinajstić information content (AvgIpc) is 2.77. The quantitative estimate of drug-likeness (QED) is 0.543. The molecule has 5 nitrogen and oxygen atoms in total. The number of halogens is 4. The number of alkyl halides is 3. The Balaban J connectivity index is 1.48. The lowest BCUT2D eigenvalue weighted by Crippen LogP contribution is -2.50. The molecule has 0 radical (unpaired) electrons. The van der Waals surface area contributed by atoms with Crippen molar-refractivity contribution in [2.24, 2.45) is 0 Å². The Labute approximate surface area is 181 Å². The number of pyridine rings is 1. The number of aromatic nitrogens is 1. The monoisotopic (exact) mass is 447 g/mol. The first kappa shape index (κ1) is 21.1. The number of hydrogen-bond acceptors (Lipinski definition) is 3. The number of benzene rings is 2. The van der Waals surface area contributed by atoms with E-state index in [1.54, 1.807) is 29.2 Å². The number of carbonyl (C=O) groups excluding carboxylic acids is 2. The second-order valence-corrected chi connectivity index (χ2v) is 7.56. The number of amides is 2. The molecule has 0 atom stereocenters. The molecule has 0 aliphatic carbocycles. The van der Waals surface area contributed by atoms with Gasteiger partial charge in [-0.1, -0.05) is 35.9 Å². The summed E-state index contributed by atoms with van der Waals surface area (Å²) in [5, 5.41) is 0.889. The van der Waals surface area contributed by atoms with Gasteiger partial charge in [-0.2, -0.15) is 13.2 Å². The van der Waals surface area contributed by atoms with Gasteiger partial charge in [-0.25, -0.2) is 4.98 Å². The predicted molar refractivity (Wildman–Crippen MR) is 110 cm³/mol. The fourth-order valence-corrected chi connectivity index (χ4v) is 3.81. The summed E-state index contributed by atoms with van der Waals surface area (Å²) in [4.78, 5) is 33.0. The highest BCUT2D eigenvalue weighted by Gasteiger charge is 2.32. The molecule has 31 heavy (non-hydrogen) atoms. The van der Waals surface area contributed by atoms with Crippen LogP contribution in [-0.2, 0) is 6.18 Å². The summed E-state index contributed by atoms with van der Waals surface area (Å²) in [6.07, 6.45) is -4.52. The summed E-state index contributed by atoms with van der Waals surface area (Å²) in [5.41, 5.74) is 0.139. The van der Waals surface area contributed by atoms with E-state index in [0.717, 1.165) is 12.1 Å². The molecule has 0 N–H and O–H groups in total. The van der Waals surface area contributed by atoms with E-state index in [2.05, 4.69) is 4.98 Å². The Morgan fingerprint density at radius 2 is 1.52 bits per heavy atom. The molecule has 1 saturated heterocycles. The van der Waals surface area contributed by atoms with E-state index >= 15 is 0 Å². The van der Waals surface area contributed by atoms with Crippen molar-refractivity contribution in [1.82, 2.24) is 14.8 Å². The van der Waals surface area contributed by atoms with E-state index in [9.17, 15) is 22.8 Å². The standard InChI is InChI=1S/C22H17ClF3N3O2/c23-19-13-17(16-6-1-2-7-18(16)27-19)21(31)29-10-8-28(9-11-29)20(30)14-4-3-5-15(12-14)22(24,25)26/h1-7,12-13H,8-11H2. The fraction of sp³-hybridized carbons (Fsp3) is 0.227. The Hall–Kier alpha value is -3.13. The predicted octanol–water partition coefficient (Wildman–Crippen LogP) is 4.51. The lowest BCUT2D eigenvalue weighted by Gasteiger charge is -2.35. The third-order valence-electron chi connectivity index (χ3n) is 5.21. The smallest absolute Gasteiger partial charge is 0.335 e. The molecule has 160 valence electrons. The van der Waals surface area contributed by atoms with Gasteiger partial charge in [0.1, 0.15) is 5.15 Å². The van der Waals surface area contributed by atoms with Crippen LogP contribution < -0.4 is 0 Å². The van der Waals surface area contributed by atoms with Crippen molar-refractivity contribution in [3.05, 3.63) is 76.4 Å². The Kier molecular flexibility index (Phi) is 5.58. The van der Waals surface area contributed by atoms with Crippen LogP contribution in [0.3, 0.4) is 0 Å². The topological polar surface area (TPSA) is 53.5 Å². The van der Waals surface area contributed by atoms with Gasteiger partial charge in [-0.15, -0.1) is 0 Å². The molecular formula is C22H17ClF3N3O2. The van der Waals surface area contributed by atoms with E-state index < -0.39 is 17.6 Å². The summed E-state index contributed by atoms with van der Waals surface area (Å²) in [6.45, 7) is 0.963. The Morgan fingerprint density at radius 1 is 0.871 bits per heavy atom. The first-order chi connectivity index (χ1) is 14.7. The number of fused-ring (bicyclic) bond motifs is 1. The van der Waals surface area contributed by atoms with Gasteiger partial charge in [-0.05, 0) is 30.3 Å². The number of nitrogens with zero attached hydrogens (tertiary/aromatic N) is 3. The molecule has 2 aromatic carbocycles. The molecule has 0 bridgehead atoms. The van der Waals surface area contributed by atoms with Gasteiger partial charge in [0.15, 0.2) is 0 Å².